The fourth-order valence-corrected chi connectivity index (χ4v) is 2.75. The third-order valence-electron chi connectivity index (χ3n) is 4.07. The second-order valence-electron chi connectivity index (χ2n) is 6.00. The lowest BCUT2D eigenvalue weighted by atomic mass is 9.90. The summed E-state index contributed by atoms with van der Waals surface area (Å²) in [6, 6.07) is 1.14. The first kappa shape index (κ1) is 15.5. The molecule has 0 unspecified atom stereocenters. The average molecular weight is 254 g/mol. The SMILES string of the molecule is CCNC1CCC(N(C)C(=O)CCC(C)C)CC1. The van der Waals surface area contributed by atoms with Crippen molar-refractivity contribution in [2.75, 3.05) is 13.6 Å². The minimum absolute atomic E-state index is 0.329. The topological polar surface area (TPSA) is 32.3 Å². The van der Waals surface area contributed by atoms with Gasteiger partial charge in [0.05, 0.1) is 0 Å². The van der Waals surface area contributed by atoms with Crippen LogP contribution in [0.1, 0.15) is 59.3 Å². The summed E-state index contributed by atoms with van der Waals surface area (Å²) in [6.07, 6.45) is 6.45. The van der Waals surface area contributed by atoms with Crippen LogP contribution in [0, 0.1) is 5.92 Å². The van der Waals surface area contributed by atoms with Gasteiger partial charge in [0.1, 0.15) is 0 Å². The molecule has 1 amide bonds. The van der Waals surface area contributed by atoms with E-state index in [-0.39, 0.29) is 0 Å². The normalized spacial score (nSPS) is 24.3. The van der Waals surface area contributed by atoms with Crippen LogP contribution in [-0.2, 0) is 4.79 Å². The van der Waals surface area contributed by atoms with Crippen LogP contribution in [0.3, 0.4) is 0 Å². The highest BCUT2D eigenvalue weighted by atomic mass is 16.2. The first-order valence-electron chi connectivity index (χ1n) is 7.53. The Morgan fingerprint density at radius 2 is 1.89 bits per heavy atom. The zero-order chi connectivity index (χ0) is 13.5. The Kier molecular flexibility index (Phi) is 6.69. The number of carbonyl (C=O) groups is 1. The zero-order valence-electron chi connectivity index (χ0n) is 12.5. The molecule has 1 rings (SSSR count). The Labute approximate surface area is 112 Å². The van der Waals surface area contributed by atoms with Crippen LogP contribution in [-0.4, -0.2) is 36.5 Å². The maximum absolute atomic E-state index is 12.1. The number of rotatable bonds is 6. The van der Waals surface area contributed by atoms with Gasteiger partial charge in [0.2, 0.25) is 5.91 Å². The number of nitrogens with zero attached hydrogens (tertiary/aromatic N) is 1. The molecule has 1 aliphatic carbocycles. The summed E-state index contributed by atoms with van der Waals surface area (Å²) >= 11 is 0. The number of nitrogens with one attached hydrogen (secondary N) is 1. The van der Waals surface area contributed by atoms with Gasteiger partial charge in [-0.3, -0.25) is 4.79 Å². The summed E-state index contributed by atoms with van der Waals surface area (Å²) < 4.78 is 0. The number of hydrogen-bond donors (Lipinski definition) is 1. The van der Waals surface area contributed by atoms with E-state index in [9.17, 15) is 4.79 Å². The van der Waals surface area contributed by atoms with E-state index in [1.54, 1.807) is 0 Å². The standard InChI is InChI=1S/C15H30N2O/c1-5-16-13-7-9-14(10-8-13)17(4)15(18)11-6-12(2)3/h12-14,16H,5-11H2,1-4H3. The largest absolute Gasteiger partial charge is 0.343 e. The van der Waals surface area contributed by atoms with E-state index in [1.165, 1.54) is 12.8 Å². The van der Waals surface area contributed by atoms with Gasteiger partial charge in [-0.15, -0.1) is 0 Å². The predicted molar refractivity (Wildman–Crippen MR) is 76.6 cm³/mol. The molecular formula is C15H30N2O. The molecule has 0 spiro atoms. The fraction of sp³-hybridized carbons (Fsp3) is 0.933. The Morgan fingerprint density at radius 1 is 1.28 bits per heavy atom. The lowest BCUT2D eigenvalue weighted by Gasteiger charge is -2.35. The Balaban J connectivity index is 2.30. The number of carbonyl (C=O) groups excluding carboxylic acids is 1. The summed E-state index contributed by atoms with van der Waals surface area (Å²) in [5.74, 6) is 0.947. The van der Waals surface area contributed by atoms with Gasteiger partial charge in [-0.1, -0.05) is 20.8 Å². The van der Waals surface area contributed by atoms with Gasteiger partial charge in [0.25, 0.3) is 0 Å². The van der Waals surface area contributed by atoms with Crippen LogP contribution < -0.4 is 5.32 Å². The molecule has 18 heavy (non-hydrogen) atoms. The predicted octanol–water partition coefficient (Wildman–Crippen LogP) is 2.80. The third-order valence-corrected chi connectivity index (χ3v) is 4.07. The molecule has 1 N–H and O–H groups in total. The van der Waals surface area contributed by atoms with Gasteiger partial charge in [-0.2, -0.15) is 0 Å². The van der Waals surface area contributed by atoms with Crippen LogP contribution in [0.5, 0.6) is 0 Å². The molecule has 0 aromatic heterocycles. The quantitative estimate of drug-likeness (QED) is 0.790. The van der Waals surface area contributed by atoms with Crippen molar-refractivity contribution in [2.24, 2.45) is 5.92 Å². The Morgan fingerprint density at radius 3 is 2.39 bits per heavy atom. The van der Waals surface area contributed by atoms with Crippen molar-refractivity contribution in [2.45, 2.75) is 71.4 Å². The molecule has 0 atom stereocenters. The molecule has 1 aliphatic rings. The highest BCUT2D eigenvalue weighted by molar-refractivity contribution is 5.76. The van der Waals surface area contributed by atoms with Crippen molar-refractivity contribution < 1.29 is 4.79 Å². The first-order chi connectivity index (χ1) is 8.54. The Hall–Kier alpha value is -0.570. The average Bonchev–Trinajstić information content (AvgIpc) is 2.36. The van der Waals surface area contributed by atoms with Crippen molar-refractivity contribution >= 4 is 5.91 Å². The van der Waals surface area contributed by atoms with Gasteiger partial charge in [-0.05, 0) is 44.6 Å². The van der Waals surface area contributed by atoms with Crippen LogP contribution in [0.25, 0.3) is 0 Å². The summed E-state index contributed by atoms with van der Waals surface area (Å²) in [5.41, 5.74) is 0. The molecule has 0 aliphatic heterocycles. The van der Waals surface area contributed by atoms with E-state index in [1.807, 2.05) is 11.9 Å². The molecule has 0 aromatic rings. The van der Waals surface area contributed by atoms with Gasteiger partial charge in [-0.25, -0.2) is 0 Å². The lowest BCUT2D eigenvalue weighted by molar-refractivity contribution is -0.132. The minimum Gasteiger partial charge on any atom is -0.343 e. The van der Waals surface area contributed by atoms with E-state index in [0.717, 1.165) is 25.8 Å². The van der Waals surface area contributed by atoms with Crippen molar-refractivity contribution in [1.29, 1.82) is 0 Å². The van der Waals surface area contributed by atoms with Crippen LogP contribution in [0.4, 0.5) is 0 Å². The van der Waals surface area contributed by atoms with Gasteiger partial charge >= 0.3 is 0 Å². The Bertz CT molecular complexity index is 245. The second-order valence-corrected chi connectivity index (χ2v) is 6.00. The van der Waals surface area contributed by atoms with Crippen LogP contribution in [0.2, 0.25) is 0 Å². The summed E-state index contributed by atoms with van der Waals surface area (Å²) in [6.45, 7) is 7.57. The molecule has 106 valence electrons. The second kappa shape index (κ2) is 7.78. The first-order valence-corrected chi connectivity index (χ1v) is 7.53. The molecule has 0 aromatic carbocycles. The van der Waals surface area contributed by atoms with Crippen molar-refractivity contribution in [1.82, 2.24) is 10.2 Å². The molecule has 3 heteroatoms. The van der Waals surface area contributed by atoms with E-state index >= 15 is 0 Å². The van der Waals surface area contributed by atoms with Crippen molar-refractivity contribution in [3.05, 3.63) is 0 Å². The van der Waals surface area contributed by atoms with Gasteiger partial charge in [0.15, 0.2) is 0 Å². The van der Waals surface area contributed by atoms with Crippen LogP contribution in [0.15, 0.2) is 0 Å². The third kappa shape index (κ3) is 4.97. The lowest BCUT2D eigenvalue weighted by Crippen LogP contribution is -2.43. The van der Waals surface area contributed by atoms with Gasteiger partial charge in [0, 0.05) is 25.6 Å². The maximum Gasteiger partial charge on any atom is 0.222 e. The number of hydrogen-bond acceptors (Lipinski definition) is 2. The molecular weight excluding hydrogens is 224 g/mol. The summed E-state index contributed by atoms with van der Waals surface area (Å²) in [4.78, 5) is 14.1. The molecule has 0 bridgehead atoms. The fourth-order valence-electron chi connectivity index (χ4n) is 2.75. The maximum atomic E-state index is 12.1. The van der Waals surface area contributed by atoms with Crippen LogP contribution >= 0.6 is 0 Å². The van der Waals surface area contributed by atoms with E-state index in [2.05, 4.69) is 26.1 Å². The highest BCUT2D eigenvalue weighted by Crippen LogP contribution is 2.23. The smallest absolute Gasteiger partial charge is 0.222 e. The number of amides is 1. The zero-order valence-corrected chi connectivity index (χ0v) is 12.5. The van der Waals surface area contributed by atoms with Crippen molar-refractivity contribution in [3.8, 4) is 0 Å². The molecule has 1 saturated carbocycles. The monoisotopic (exact) mass is 254 g/mol. The van der Waals surface area contributed by atoms with E-state index < -0.39 is 0 Å². The van der Waals surface area contributed by atoms with Crippen molar-refractivity contribution in [3.63, 3.8) is 0 Å². The molecule has 0 radical (unpaired) electrons. The van der Waals surface area contributed by atoms with Gasteiger partial charge < -0.3 is 10.2 Å². The van der Waals surface area contributed by atoms with E-state index in [0.29, 0.717) is 30.3 Å². The molecule has 0 heterocycles. The minimum atomic E-state index is 0.329. The summed E-state index contributed by atoms with van der Waals surface area (Å²) in [5, 5.41) is 3.51. The van der Waals surface area contributed by atoms with E-state index in [4.69, 9.17) is 0 Å². The molecule has 3 nitrogen and oxygen atoms in total. The molecule has 1 fully saturated rings. The molecule has 0 saturated heterocycles. The highest BCUT2D eigenvalue weighted by Gasteiger charge is 2.25. The summed E-state index contributed by atoms with van der Waals surface area (Å²) in [7, 11) is 1.99.